The normalized spacial score (nSPS) is 20.0. The fourth-order valence-electron chi connectivity index (χ4n) is 2.68. The molecule has 5 nitrogen and oxygen atoms in total. The van der Waals surface area contributed by atoms with Crippen molar-refractivity contribution in [2.24, 2.45) is 0 Å². The number of nitrogens with zero attached hydrogens (tertiary/aromatic N) is 3. The zero-order valence-electron chi connectivity index (χ0n) is 12.1. The fraction of sp³-hybridized carbons (Fsp3) is 0.714. The van der Waals surface area contributed by atoms with Crippen LogP contribution in [0.1, 0.15) is 37.3 Å². The van der Waals surface area contributed by atoms with E-state index >= 15 is 0 Å². The summed E-state index contributed by atoms with van der Waals surface area (Å²) in [6.07, 6.45) is 5.15. The number of ether oxygens (including phenoxy) is 1. The molecule has 0 saturated heterocycles. The summed E-state index contributed by atoms with van der Waals surface area (Å²) in [5, 5.41) is 4.41. The highest BCUT2D eigenvalue weighted by molar-refractivity contribution is 5.80. The lowest BCUT2D eigenvalue weighted by Crippen LogP contribution is -2.23. The van der Waals surface area contributed by atoms with E-state index in [1.165, 1.54) is 0 Å². The summed E-state index contributed by atoms with van der Waals surface area (Å²) in [4.78, 5) is 13.8. The number of methoxy groups -OCH3 is 1. The highest BCUT2D eigenvalue weighted by Gasteiger charge is 2.27. The van der Waals surface area contributed by atoms with E-state index in [2.05, 4.69) is 10.00 Å². The molecule has 0 spiro atoms. The van der Waals surface area contributed by atoms with Crippen LogP contribution in [0.4, 0.5) is 0 Å². The van der Waals surface area contributed by atoms with Crippen LogP contribution in [-0.2, 0) is 11.3 Å². The molecule has 1 atom stereocenters. The second-order valence-corrected chi connectivity index (χ2v) is 5.46. The van der Waals surface area contributed by atoms with Gasteiger partial charge in [0.2, 0.25) is 0 Å². The summed E-state index contributed by atoms with van der Waals surface area (Å²) in [6, 6.07) is 0. The van der Waals surface area contributed by atoms with Crippen LogP contribution in [0.25, 0.3) is 0 Å². The number of Topliss-reactive ketones (excluding diaryl/α,β-unsaturated/α-hetero) is 1. The summed E-state index contributed by atoms with van der Waals surface area (Å²) in [5.74, 6) is 1.44. The van der Waals surface area contributed by atoms with Crippen molar-refractivity contribution in [2.75, 3.05) is 27.7 Å². The molecule has 1 aromatic rings. The van der Waals surface area contributed by atoms with Gasteiger partial charge in [-0.1, -0.05) is 0 Å². The Labute approximate surface area is 114 Å². The number of rotatable bonds is 5. The predicted octanol–water partition coefficient (Wildman–Crippen LogP) is 1.68. The molecule has 1 unspecified atom stereocenters. The largest absolute Gasteiger partial charge is 0.493 e. The maximum absolute atomic E-state index is 11.7. The van der Waals surface area contributed by atoms with Crippen LogP contribution in [0.5, 0.6) is 5.75 Å². The van der Waals surface area contributed by atoms with Crippen LogP contribution >= 0.6 is 0 Å². The molecule has 0 aliphatic heterocycles. The van der Waals surface area contributed by atoms with Gasteiger partial charge < -0.3 is 9.64 Å². The molecule has 1 aliphatic carbocycles. The van der Waals surface area contributed by atoms with Gasteiger partial charge in [0.15, 0.2) is 5.75 Å². The van der Waals surface area contributed by atoms with E-state index in [1.807, 2.05) is 18.8 Å². The van der Waals surface area contributed by atoms with Crippen molar-refractivity contribution in [3.05, 3.63) is 11.9 Å². The van der Waals surface area contributed by atoms with Gasteiger partial charge in [-0.15, -0.1) is 0 Å². The van der Waals surface area contributed by atoms with E-state index < -0.39 is 0 Å². The van der Waals surface area contributed by atoms with Crippen LogP contribution in [0.15, 0.2) is 6.20 Å². The minimum atomic E-state index is 0.265. The molecule has 1 aliphatic rings. The maximum Gasteiger partial charge on any atom is 0.160 e. The average Bonchev–Trinajstić information content (AvgIpc) is 2.79. The van der Waals surface area contributed by atoms with Crippen molar-refractivity contribution in [2.45, 2.75) is 38.1 Å². The Morgan fingerprint density at radius 1 is 1.53 bits per heavy atom. The zero-order chi connectivity index (χ0) is 13.8. The van der Waals surface area contributed by atoms with E-state index in [4.69, 9.17) is 4.74 Å². The van der Waals surface area contributed by atoms with Crippen LogP contribution in [0.2, 0.25) is 0 Å². The Kier molecular flexibility index (Phi) is 4.58. The molecule has 5 heteroatoms. The Morgan fingerprint density at radius 2 is 2.32 bits per heavy atom. The molecular formula is C14H23N3O2. The van der Waals surface area contributed by atoms with Crippen LogP contribution in [-0.4, -0.2) is 48.2 Å². The summed E-state index contributed by atoms with van der Waals surface area (Å²) in [5.41, 5.74) is 1.09. The smallest absolute Gasteiger partial charge is 0.160 e. The van der Waals surface area contributed by atoms with Crippen molar-refractivity contribution in [3.63, 3.8) is 0 Å². The number of aromatic nitrogens is 2. The minimum Gasteiger partial charge on any atom is -0.493 e. The standard InChI is InChI=1S/C14H23N3O2/c1-16(2)7-8-17-14(13(19-3)10-15-17)11-5-4-6-12(18)9-11/h10-11H,4-9H2,1-3H3. The first-order valence-corrected chi connectivity index (χ1v) is 6.88. The van der Waals surface area contributed by atoms with Gasteiger partial charge in [0.25, 0.3) is 0 Å². The highest BCUT2D eigenvalue weighted by Crippen LogP contribution is 2.36. The van der Waals surface area contributed by atoms with Gasteiger partial charge in [-0.2, -0.15) is 5.10 Å². The van der Waals surface area contributed by atoms with Crippen molar-refractivity contribution >= 4 is 5.78 Å². The van der Waals surface area contributed by atoms with Crippen molar-refractivity contribution in [3.8, 4) is 5.75 Å². The lowest BCUT2D eigenvalue weighted by molar-refractivity contribution is -0.120. The molecule has 0 N–H and O–H groups in total. The number of hydrogen-bond acceptors (Lipinski definition) is 4. The molecule has 2 rings (SSSR count). The van der Waals surface area contributed by atoms with Gasteiger partial charge in [0.1, 0.15) is 5.78 Å². The van der Waals surface area contributed by atoms with Crippen LogP contribution < -0.4 is 4.74 Å². The lowest BCUT2D eigenvalue weighted by atomic mass is 9.86. The molecule has 106 valence electrons. The number of carbonyl (C=O) groups excluding carboxylic acids is 1. The van der Waals surface area contributed by atoms with Gasteiger partial charge >= 0.3 is 0 Å². The summed E-state index contributed by atoms with van der Waals surface area (Å²) in [6.45, 7) is 1.76. The van der Waals surface area contributed by atoms with Crippen molar-refractivity contribution in [1.82, 2.24) is 14.7 Å². The zero-order valence-corrected chi connectivity index (χ0v) is 12.1. The Balaban J connectivity index is 2.20. The molecule has 19 heavy (non-hydrogen) atoms. The third kappa shape index (κ3) is 3.35. The number of ketones is 1. The fourth-order valence-corrected chi connectivity index (χ4v) is 2.68. The van der Waals surface area contributed by atoms with E-state index in [-0.39, 0.29) is 5.92 Å². The second kappa shape index (κ2) is 6.19. The highest BCUT2D eigenvalue weighted by atomic mass is 16.5. The number of hydrogen-bond donors (Lipinski definition) is 0. The quantitative estimate of drug-likeness (QED) is 0.812. The first kappa shape index (κ1) is 14.1. The lowest BCUT2D eigenvalue weighted by Gasteiger charge is -2.23. The van der Waals surface area contributed by atoms with E-state index in [0.29, 0.717) is 12.2 Å². The topological polar surface area (TPSA) is 47.4 Å². The molecular weight excluding hydrogens is 242 g/mol. The van der Waals surface area contributed by atoms with Gasteiger partial charge in [0.05, 0.1) is 25.5 Å². The Bertz CT molecular complexity index is 440. The van der Waals surface area contributed by atoms with E-state index in [0.717, 1.165) is 43.8 Å². The third-order valence-electron chi connectivity index (χ3n) is 3.69. The van der Waals surface area contributed by atoms with E-state index in [1.54, 1.807) is 13.3 Å². The molecule has 0 radical (unpaired) electrons. The summed E-state index contributed by atoms with van der Waals surface area (Å²) in [7, 11) is 5.76. The van der Waals surface area contributed by atoms with Gasteiger partial charge in [0, 0.05) is 25.3 Å². The predicted molar refractivity (Wildman–Crippen MR) is 73.5 cm³/mol. The van der Waals surface area contributed by atoms with Crippen LogP contribution in [0.3, 0.4) is 0 Å². The summed E-state index contributed by atoms with van der Waals surface area (Å²) < 4.78 is 7.42. The second-order valence-electron chi connectivity index (χ2n) is 5.46. The average molecular weight is 265 g/mol. The number of carbonyl (C=O) groups is 1. The molecule has 1 saturated carbocycles. The molecule has 0 amide bonds. The number of likely N-dealkylation sites (N-methyl/N-ethyl adjacent to an activating group) is 1. The van der Waals surface area contributed by atoms with Gasteiger partial charge in [-0.3, -0.25) is 9.48 Å². The molecule has 0 bridgehead atoms. The van der Waals surface area contributed by atoms with Gasteiger partial charge in [-0.05, 0) is 26.9 Å². The molecule has 0 aromatic carbocycles. The minimum absolute atomic E-state index is 0.265. The SMILES string of the molecule is COc1cnn(CCN(C)C)c1C1CCCC(=O)C1. The van der Waals surface area contributed by atoms with Crippen LogP contribution in [0, 0.1) is 0 Å². The van der Waals surface area contributed by atoms with Crippen molar-refractivity contribution < 1.29 is 9.53 Å². The first-order chi connectivity index (χ1) is 9.11. The molecule has 1 aromatic heterocycles. The maximum atomic E-state index is 11.7. The Hall–Kier alpha value is -1.36. The Morgan fingerprint density at radius 3 is 2.95 bits per heavy atom. The van der Waals surface area contributed by atoms with E-state index in [9.17, 15) is 4.79 Å². The molecule has 1 heterocycles. The van der Waals surface area contributed by atoms with Gasteiger partial charge in [-0.25, -0.2) is 0 Å². The monoisotopic (exact) mass is 265 g/mol. The molecule has 1 fully saturated rings. The van der Waals surface area contributed by atoms with Crippen molar-refractivity contribution in [1.29, 1.82) is 0 Å². The summed E-state index contributed by atoms with van der Waals surface area (Å²) >= 11 is 0. The third-order valence-corrected chi connectivity index (χ3v) is 3.69. The first-order valence-electron chi connectivity index (χ1n) is 6.88.